The average Bonchev–Trinajstić information content (AvgIpc) is 2.73. The van der Waals surface area contributed by atoms with Crippen molar-refractivity contribution in [2.75, 3.05) is 6.54 Å². The summed E-state index contributed by atoms with van der Waals surface area (Å²) in [6.07, 6.45) is -1.99. The minimum atomic E-state index is -1.21. The summed E-state index contributed by atoms with van der Waals surface area (Å²) < 4.78 is 5.73. The van der Waals surface area contributed by atoms with Crippen molar-refractivity contribution in [1.29, 1.82) is 0 Å². The predicted octanol–water partition coefficient (Wildman–Crippen LogP) is -0.325. The van der Waals surface area contributed by atoms with Crippen LogP contribution in [0.5, 0.6) is 0 Å². The number of aliphatic hydroxyl groups excluding tert-OH is 2. The Kier molecular flexibility index (Phi) is 4.42. The lowest BCUT2D eigenvalue weighted by Crippen LogP contribution is -2.63. The molecule has 0 saturated carbocycles. The molecule has 0 aromatic heterocycles. The highest BCUT2D eigenvalue weighted by Gasteiger charge is 2.52. The van der Waals surface area contributed by atoms with Crippen molar-refractivity contribution in [3.05, 3.63) is 0 Å². The van der Waals surface area contributed by atoms with Gasteiger partial charge in [0.15, 0.2) is 5.17 Å². The van der Waals surface area contributed by atoms with Crippen LogP contribution in [-0.4, -0.2) is 62.4 Å². The molecular weight excluding hydrogens is 268 g/mol. The number of rotatable bonds is 3. The summed E-state index contributed by atoms with van der Waals surface area (Å²) in [4.78, 5) is 4.35. The average molecular weight is 290 g/mol. The Bertz CT molecular complexity index is 358. The lowest BCUT2D eigenvalue weighted by molar-refractivity contribution is -0.210. The molecule has 110 valence electrons. The highest BCUT2D eigenvalue weighted by molar-refractivity contribution is 8.14. The van der Waals surface area contributed by atoms with Crippen LogP contribution in [0.2, 0.25) is 0 Å². The third-order valence-electron chi connectivity index (χ3n) is 3.30. The molecule has 0 spiro atoms. The fourth-order valence-corrected chi connectivity index (χ4v) is 3.42. The van der Waals surface area contributed by atoms with Crippen molar-refractivity contribution >= 4 is 16.9 Å². The summed E-state index contributed by atoms with van der Waals surface area (Å²) in [6.45, 7) is 5.87. The molecule has 2 aliphatic heterocycles. The zero-order valence-corrected chi connectivity index (χ0v) is 12.2. The van der Waals surface area contributed by atoms with Gasteiger partial charge in [-0.3, -0.25) is 4.99 Å². The van der Waals surface area contributed by atoms with E-state index in [0.717, 1.165) is 11.6 Å². The first-order chi connectivity index (χ1) is 8.84. The number of hydrogen-bond donors (Lipinski definition) is 4. The van der Waals surface area contributed by atoms with Crippen molar-refractivity contribution in [3.63, 3.8) is 0 Å². The van der Waals surface area contributed by atoms with E-state index in [4.69, 9.17) is 4.74 Å². The number of aliphatic imine (C=N–C) groups is 1. The molecule has 19 heavy (non-hydrogen) atoms. The standard InChI is InChI=1S/C12H22N2O4S/c1-4-5-13-11-14-6-7(15)8(16)9(12(2,3)17)18-10(6)19-11/h6-10,15-17H,4-5H2,1-3H3,(H,13,14)/t6?,7?,8-,9-,10?/m0/s1. The number of nitrogens with zero attached hydrogens (tertiary/aromatic N) is 1. The lowest BCUT2D eigenvalue weighted by atomic mass is 9.88. The fourth-order valence-electron chi connectivity index (χ4n) is 2.28. The molecule has 0 aliphatic carbocycles. The smallest absolute Gasteiger partial charge is 0.159 e. The van der Waals surface area contributed by atoms with E-state index in [1.54, 1.807) is 13.8 Å². The maximum atomic E-state index is 10.2. The quantitative estimate of drug-likeness (QED) is 0.569. The third kappa shape index (κ3) is 3.05. The first kappa shape index (κ1) is 15.1. The number of ether oxygens (including phenoxy) is 1. The molecular formula is C12H22N2O4S. The summed E-state index contributed by atoms with van der Waals surface area (Å²) in [5.74, 6) is 0. The summed E-state index contributed by atoms with van der Waals surface area (Å²) in [6, 6.07) is -0.394. The third-order valence-corrected chi connectivity index (χ3v) is 4.40. The van der Waals surface area contributed by atoms with Crippen molar-refractivity contribution in [3.8, 4) is 0 Å². The molecule has 2 heterocycles. The Labute approximate surface area is 117 Å². The predicted molar refractivity (Wildman–Crippen MR) is 74.1 cm³/mol. The van der Waals surface area contributed by atoms with E-state index in [-0.39, 0.29) is 5.44 Å². The van der Waals surface area contributed by atoms with Gasteiger partial charge in [-0.25, -0.2) is 0 Å². The van der Waals surface area contributed by atoms with Gasteiger partial charge in [0.25, 0.3) is 0 Å². The van der Waals surface area contributed by atoms with Gasteiger partial charge in [0, 0.05) is 6.54 Å². The lowest BCUT2D eigenvalue weighted by Gasteiger charge is -2.43. The van der Waals surface area contributed by atoms with Gasteiger partial charge in [0.2, 0.25) is 0 Å². The molecule has 3 unspecified atom stereocenters. The minimum Gasteiger partial charge on any atom is -0.388 e. The molecule has 2 saturated heterocycles. The Morgan fingerprint density at radius 3 is 2.63 bits per heavy atom. The second-order valence-electron chi connectivity index (χ2n) is 5.53. The van der Waals surface area contributed by atoms with Crippen LogP contribution in [0.3, 0.4) is 0 Å². The van der Waals surface area contributed by atoms with Crippen LogP contribution in [0.25, 0.3) is 0 Å². The van der Waals surface area contributed by atoms with E-state index in [1.807, 2.05) is 6.92 Å². The topological polar surface area (TPSA) is 94.3 Å². The first-order valence-corrected chi connectivity index (χ1v) is 7.44. The van der Waals surface area contributed by atoms with Gasteiger partial charge in [0.1, 0.15) is 23.7 Å². The number of thioether (sulfide) groups is 1. The first-order valence-electron chi connectivity index (χ1n) is 6.56. The maximum Gasteiger partial charge on any atom is 0.159 e. The van der Waals surface area contributed by atoms with Crippen LogP contribution in [0.15, 0.2) is 4.99 Å². The molecule has 0 bridgehead atoms. The number of hydrogen-bond acceptors (Lipinski definition) is 6. The molecule has 5 atom stereocenters. The van der Waals surface area contributed by atoms with Crippen molar-refractivity contribution in [2.45, 2.75) is 62.6 Å². The van der Waals surface area contributed by atoms with Crippen molar-refractivity contribution < 1.29 is 20.1 Å². The second kappa shape index (κ2) is 5.57. The summed E-state index contributed by atoms with van der Waals surface area (Å²) in [5, 5.41) is 34.0. The van der Waals surface area contributed by atoms with Crippen LogP contribution in [0.1, 0.15) is 27.2 Å². The minimum absolute atomic E-state index is 0.342. The molecule has 2 rings (SSSR count). The Hall–Kier alpha value is -0.340. The Morgan fingerprint density at radius 2 is 2.05 bits per heavy atom. The van der Waals surface area contributed by atoms with E-state index in [1.165, 1.54) is 11.8 Å². The van der Waals surface area contributed by atoms with E-state index >= 15 is 0 Å². The van der Waals surface area contributed by atoms with Gasteiger partial charge in [-0.05, 0) is 20.3 Å². The van der Waals surface area contributed by atoms with E-state index in [0.29, 0.717) is 6.54 Å². The Morgan fingerprint density at radius 1 is 1.37 bits per heavy atom. The monoisotopic (exact) mass is 290 g/mol. The number of nitrogens with one attached hydrogen (secondary N) is 1. The van der Waals surface area contributed by atoms with Gasteiger partial charge < -0.3 is 25.4 Å². The molecule has 2 fully saturated rings. The molecule has 0 amide bonds. The Balaban J connectivity index is 2.12. The summed E-state index contributed by atoms with van der Waals surface area (Å²) in [7, 11) is 0. The van der Waals surface area contributed by atoms with Crippen molar-refractivity contribution in [1.82, 2.24) is 5.32 Å². The van der Waals surface area contributed by atoms with Gasteiger partial charge >= 0.3 is 0 Å². The molecule has 2 aliphatic rings. The van der Waals surface area contributed by atoms with Crippen LogP contribution in [0.4, 0.5) is 0 Å². The number of fused-ring (bicyclic) bond motifs is 1. The largest absolute Gasteiger partial charge is 0.388 e. The van der Waals surface area contributed by atoms with Gasteiger partial charge in [-0.1, -0.05) is 18.7 Å². The summed E-state index contributed by atoms with van der Waals surface area (Å²) >= 11 is 1.39. The van der Waals surface area contributed by atoms with E-state index in [2.05, 4.69) is 10.3 Å². The molecule has 4 N–H and O–H groups in total. The van der Waals surface area contributed by atoms with E-state index in [9.17, 15) is 15.3 Å². The van der Waals surface area contributed by atoms with Gasteiger partial charge in [0.05, 0.1) is 11.6 Å². The molecule has 0 aromatic carbocycles. The fraction of sp³-hybridized carbons (Fsp3) is 0.917. The SMILES string of the molecule is CCCN=C1NC2C(O[C@H](C(C)(C)O)[C@@H](O)C2O)S1. The highest BCUT2D eigenvalue weighted by atomic mass is 32.2. The normalized spacial score (nSPS) is 41.2. The molecule has 6 nitrogen and oxygen atoms in total. The van der Waals surface area contributed by atoms with Gasteiger partial charge in [-0.2, -0.15) is 0 Å². The van der Waals surface area contributed by atoms with Crippen LogP contribution in [0, 0.1) is 0 Å². The van der Waals surface area contributed by atoms with Gasteiger partial charge in [-0.15, -0.1) is 0 Å². The molecule has 7 heteroatoms. The summed E-state index contributed by atoms with van der Waals surface area (Å²) in [5.41, 5.74) is -1.56. The van der Waals surface area contributed by atoms with Crippen LogP contribution >= 0.6 is 11.8 Å². The molecule has 0 aromatic rings. The zero-order chi connectivity index (χ0) is 14.2. The maximum absolute atomic E-state index is 10.2. The van der Waals surface area contributed by atoms with Crippen LogP contribution in [-0.2, 0) is 4.74 Å². The zero-order valence-electron chi connectivity index (χ0n) is 11.4. The van der Waals surface area contributed by atoms with Crippen LogP contribution < -0.4 is 5.32 Å². The highest BCUT2D eigenvalue weighted by Crippen LogP contribution is 2.36. The molecule has 0 radical (unpaired) electrons. The second-order valence-corrected chi connectivity index (χ2v) is 6.62. The van der Waals surface area contributed by atoms with Crippen molar-refractivity contribution in [2.24, 2.45) is 4.99 Å². The number of aliphatic hydroxyl groups is 3. The van der Waals surface area contributed by atoms with E-state index < -0.39 is 30.0 Å². The number of amidine groups is 1.